The number of ether oxygens (including phenoxy) is 1. The van der Waals surface area contributed by atoms with Crippen molar-refractivity contribution in [3.63, 3.8) is 0 Å². The van der Waals surface area contributed by atoms with Gasteiger partial charge in [0.05, 0.1) is 0 Å². The van der Waals surface area contributed by atoms with Crippen LogP contribution in [0.1, 0.15) is 28.8 Å². The number of carbonyl (C=O) groups excluding carboxylic acids is 1. The molecule has 1 amide bonds. The van der Waals surface area contributed by atoms with Gasteiger partial charge in [0.15, 0.2) is 0 Å². The molecule has 0 unspecified atom stereocenters. The Morgan fingerprint density at radius 3 is 2.53 bits per heavy atom. The minimum absolute atomic E-state index is 0.0157. The molecule has 1 aromatic rings. The Hall–Kier alpha value is -1.06. The lowest BCUT2D eigenvalue weighted by Crippen LogP contribution is -2.38. The van der Waals surface area contributed by atoms with Gasteiger partial charge in [0.25, 0.3) is 5.91 Å². The van der Waals surface area contributed by atoms with Crippen molar-refractivity contribution in [3.05, 3.63) is 35.4 Å². The molecule has 17 heavy (non-hydrogen) atoms. The van der Waals surface area contributed by atoms with Crippen molar-refractivity contribution in [1.82, 2.24) is 5.32 Å². The Balaban J connectivity index is 1.93. The molecule has 1 aliphatic rings. The maximum Gasteiger partial charge on any atom is 0.251 e. The third kappa shape index (κ3) is 3.45. The van der Waals surface area contributed by atoms with Crippen molar-refractivity contribution in [3.8, 4) is 0 Å². The minimum atomic E-state index is -0.0157. The molecule has 0 bridgehead atoms. The van der Waals surface area contributed by atoms with Crippen molar-refractivity contribution in [1.29, 1.82) is 0 Å². The molecular weight excluding hydrogens is 238 g/mol. The summed E-state index contributed by atoms with van der Waals surface area (Å²) in [6.07, 6.45) is 1.79. The predicted octanol–water partition coefficient (Wildman–Crippen LogP) is 2.33. The van der Waals surface area contributed by atoms with Gasteiger partial charge >= 0.3 is 0 Å². The van der Waals surface area contributed by atoms with Crippen molar-refractivity contribution < 1.29 is 9.53 Å². The number of carbonyl (C=O) groups is 1. The molecule has 92 valence electrons. The maximum absolute atomic E-state index is 11.9. The number of hydrogen-bond donors (Lipinski definition) is 1. The first-order chi connectivity index (χ1) is 8.29. The topological polar surface area (TPSA) is 38.3 Å². The third-order valence-electron chi connectivity index (χ3n) is 2.93. The van der Waals surface area contributed by atoms with Crippen LogP contribution in [0, 0.1) is 0 Å². The molecule has 4 heteroatoms. The SMILES string of the molecule is O=C(NC1CCOCC1)c1ccc(CCl)cc1. The van der Waals surface area contributed by atoms with Crippen molar-refractivity contribution in [2.24, 2.45) is 0 Å². The van der Waals surface area contributed by atoms with E-state index in [1.807, 2.05) is 24.3 Å². The second-order valence-corrected chi connectivity index (χ2v) is 4.46. The summed E-state index contributed by atoms with van der Waals surface area (Å²) in [7, 11) is 0. The molecule has 0 saturated carbocycles. The van der Waals surface area contributed by atoms with Crippen LogP contribution in [0.5, 0.6) is 0 Å². The number of hydrogen-bond acceptors (Lipinski definition) is 2. The first kappa shape index (κ1) is 12.4. The van der Waals surface area contributed by atoms with Gasteiger partial charge < -0.3 is 10.1 Å². The summed E-state index contributed by atoms with van der Waals surface area (Å²) < 4.78 is 5.25. The Kier molecular flexibility index (Phi) is 4.40. The summed E-state index contributed by atoms with van der Waals surface area (Å²) in [6, 6.07) is 7.63. The molecule has 1 N–H and O–H groups in total. The van der Waals surface area contributed by atoms with Crippen LogP contribution in [0.4, 0.5) is 0 Å². The number of benzene rings is 1. The molecule has 1 fully saturated rings. The zero-order valence-electron chi connectivity index (χ0n) is 9.62. The van der Waals surface area contributed by atoms with Crippen molar-refractivity contribution >= 4 is 17.5 Å². The molecular formula is C13H16ClNO2. The lowest BCUT2D eigenvalue weighted by molar-refractivity contribution is 0.0696. The fourth-order valence-electron chi connectivity index (χ4n) is 1.86. The Morgan fingerprint density at radius 1 is 1.29 bits per heavy atom. The van der Waals surface area contributed by atoms with E-state index in [9.17, 15) is 4.79 Å². The van der Waals surface area contributed by atoms with Crippen LogP contribution in [-0.4, -0.2) is 25.2 Å². The fourth-order valence-corrected chi connectivity index (χ4v) is 2.03. The molecule has 0 aliphatic carbocycles. The summed E-state index contributed by atoms with van der Waals surface area (Å²) in [6.45, 7) is 1.46. The maximum atomic E-state index is 11.9. The third-order valence-corrected chi connectivity index (χ3v) is 3.24. The average molecular weight is 254 g/mol. The van der Waals surface area contributed by atoms with Crippen molar-refractivity contribution in [2.75, 3.05) is 13.2 Å². The lowest BCUT2D eigenvalue weighted by Gasteiger charge is -2.23. The average Bonchev–Trinajstić information content (AvgIpc) is 2.40. The highest BCUT2D eigenvalue weighted by Crippen LogP contribution is 2.10. The standard InChI is InChI=1S/C13H16ClNO2/c14-9-10-1-3-11(4-2-10)13(16)15-12-5-7-17-8-6-12/h1-4,12H,5-9H2,(H,15,16). The van der Waals surface area contributed by atoms with Crippen LogP contribution in [0.2, 0.25) is 0 Å². The lowest BCUT2D eigenvalue weighted by atomic mass is 10.1. The summed E-state index contributed by atoms with van der Waals surface area (Å²) in [5, 5.41) is 3.02. The predicted molar refractivity (Wildman–Crippen MR) is 67.3 cm³/mol. The monoisotopic (exact) mass is 253 g/mol. The number of amides is 1. The van der Waals surface area contributed by atoms with Gasteiger partial charge in [0.1, 0.15) is 0 Å². The molecule has 0 radical (unpaired) electrons. The molecule has 0 aromatic heterocycles. The second-order valence-electron chi connectivity index (χ2n) is 4.19. The Morgan fingerprint density at radius 2 is 1.94 bits per heavy atom. The van der Waals surface area contributed by atoms with Gasteiger partial charge in [0, 0.05) is 30.7 Å². The Labute approximate surface area is 106 Å². The zero-order valence-corrected chi connectivity index (χ0v) is 10.4. The summed E-state index contributed by atoms with van der Waals surface area (Å²) in [5.41, 5.74) is 1.71. The van der Waals surface area contributed by atoms with Crippen LogP contribution < -0.4 is 5.32 Å². The van der Waals surface area contributed by atoms with Gasteiger partial charge in [-0.3, -0.25) is 4.79 Å². The number of halogens is 1. The molecule has 0 atom stereocenters. The van der Waals surface area contributed by atoms with Crippen LogP contribution in [0.15, 0.2) is 24.3 Å². The first-order valence-corrected chi connectivity index (χ1v) is 6.36. The molecule has 0 spiro atoms. The van der Waals surface area contributed by atoms with Crippen molar-refractivity contribution in [2.45, 2.75) is 24.8 Å². The zero-order chi connectivity index (χ0) is 12.1. The van der Waals surface area contributed by atoms with E-state index in [1.165, 1.54) is 0 Å². The van der Waals surface area contributed by atoms with Crippen LogP contribution in [0.3, 0.4) is 0 Å². The number of alkyl halides is 1. The van der Waals surface area contributed by atoms with Gasteiger partial charge in [0.2, 0.25) is 0 Å². The first-order valence-electron chi connectivity index (χ1n) is 5.83. The van der Waals surface area contributed by atoms with E-state index < -0.39 is 0 Å². The highest BCUT2D eigenvalue weighted by atomic mass is 35.5. The van der Waals surface area contributed by atoms with E-state index in [0.29, 0.717) is 11.4 Å². The van der Waals surface area contributed by atoms with Gasteiger partial charge in [-0.25, -0.2) is 0 Å². The molecule has 1 heterocycles. The molecule has 2 rings (SSSR count). The van der Waals surface area contributed by atoms with Crippen LogP contribution in [0.25, 0.3) is 0 Å². The smallest absolute Gasteiger partial charge is 0.251 e. The van der Waals surface area contributed by atoms with Gasteiger partial charge in [-0.2, -0.15) is 0 Å². The molecule has 3 nitrogen and oxygen atoms in total. The molecule has 1 saturated heterocycles. The largest absolute Gasteiger partial charge is 0.381 e. The normalized spacial score (nSPS) is 16.8. The van der Waals surface area contributed by atoms with Crippen LogP contribution in [-0.2, 0) is 10.6 Å². The molecule has 1 aromatic carbocycles. The Bertz CT molecular complexity index is 372. The molecule has 1 aliphatic heterocycles. The minimum Gasteiger partial charge on any atom is -0.381 e. The summed E-state index contributed by atoms with van der Waals surface area (Å²) in [4.78, 5) is 11.9. The summed E-state index contributed by atoms with van der Waals surface area (Å²) in [5.74, 6) is 0.458. The van der Waals surface area contributed by atoms with E-state index >= 15 is 0 Å². The van der Waals surface area contributed by atoms with E-state index in [2.05, 4.69) is 5.32 Å². The number of nitrogens with one attached hydrogen (secondary N) is 1. The van der Waals surface area contributed by atoms with Crippen LogP contribution >= 0.6 is 11.6 Å². The fraction of sp³-hybridized carbons (Fsp3) is 0.462. The van der Waals surface area contributed by atoms with Gasteiger partial charge in [-0.15, -0.1) is 11.6 Å². The van der Waals surface area contributed by atoms with Gasteiger partial charge in [-0.05, 0) is 30.5 Å². The highest BCUT2D eigenvalue weighted by molar-refractivity contribution is 6.17. The summed E-state index contributed by atoms with van der Waals surface area (Å²) >= 11 is 5.70. The van der Waals surface area contributed by atoms with E-state index in [-0.39, 0.29) is 11.9 Å². The number of rotatable bonds is 3. The second kappa shape index (κ2) is 6.03. The quantitative estimate of drug-likeness (QED) is 0.840. The highest BCUT2D eigenvalue weighted by Gasteiger charge is 2.16. The van der Waals surface area contributed by atoms with E-state index in [4.69, 9.17) is 16.3 Å². The van der Waals surface area contributed by atoms with E-state index in [1.54, 1.807) is 0 Å². The van der Waals surface area contributed by atoms with Gasteiger partial charge in [-0.1, -0.05) is 12.1 Å². The van der Waals surface area contributed by atoms with E-state index in [0.717, 1.165) is 31.6 Å².